The number of carbonyl (C=O) groups is 2. The van der Waals surface area contributed by atoms with Crippen molar-refractivity contribution in [2.75, 3.05) is 13.1 Å². The minimum atomic E-state index is -0.182. The molecule has 0 radical (unpaired) electrons. The van der Waals surface area contributed by atoms with Crippen LogP contribution in [0.2, 0.25) is 0 Å². The van der Waals surface area contributed by atoms with Crippen molar-refractivity contribution < 1.29 is 19.8 Å². The summed E-state index contributed by atoms with van der Waals surface area (Å²) < 4.78 is 0. The van der Waals surface area contributed by atoms with E-state index in [-0.39, 0.29) is 24.0 Å². The van der Waals surface area contributed by atoms with E-state index in [0.717, 1.165) is 77.0 Å². The highest BCUT2D eigenvalue weighted by Crippen LogP contribution is 2.10. The highest BCUT2D eigenvalue weighted by molar-refractivity contribution is 5.77. The summed E-state index contributed by atoms with van der Waals surface area (Å²) in [4.78, 5) is 23.5. The fourth-order valence-electron chi connectivity index (χ4n) is 3.03. The van der Waals surface area contributed by atoms with Crippen molar-refractivity contribution in [3.63, 3.8) is 0 Å². The molecule has 6 heteroatoms. The molecule has 0 fully saturated rings. The van der Waals surface area contributed by atoms with Gasteiger partial charge in [-0.15, -0.1) is 0 Å². The first-order valence-electron chi connectivity index (χ1n) is 11.4. The molecule has 4 N–H and O–H groups in total. The molecule has 0 aliphatic carbocycles. The Balaban J connectivity index is 3.39. The Hall–Kier alpha value is -1.14. The molecule has 0 aromatic rings. The van der Waals surface area contributed by atoms with Crippen LogP contribution in [0.25, 0.3) is 0 Å². The Morgan fingerprint density at radius 2 is 1.00 bits per heavy atom. The molecule has 166 valence electrons. The molecule has 0 bridgehead atoms. The van der Waals surface area contributed by atoms with Crippen molar-refractivity contribution in [3.8, 4) is 0 Å². The van der Waals surface area contributed by atoms with Gasteiger partial charge >= 0.3 is 0 Å². The summed E-state index contributed by atoms with van der Waals surface area (Å²) in [5.74, 6) is 0.0780. The van der Waals surface area contributed by atoms with Crippen LogP contribution in [0.4, 0.5) is 0 Å². The van der Waals surface area contributed by atoms with E-state index in [4.69, 9.17) is 0 Å². The largest absolute Gasteiger partial charge is 0.393 e. The lowest BCUT2D eigenvalue weighted by Gasteiger charge is -2.08. The van der Waals surface area contributed by atoms with Crippen molar-refractivity contribution in [2.24, 2.45) is 0 Å². The minimum absolute atomic E-state index is 0.0390. The third-order valence-electron chi connectivity index (χ3n) is 5.09. The van der Waals surface area contributed by atoms with Gasteiger partial charge in [-0.3, -0.25) is 9.59 Å². The summed E-state index contributed by atoms with van der Waals surface area (Å²) in [5, 5.41) is 24.6. The predicted molar refractivity (Wildman–Crippen MR) is 114 cm³/mol. The van der Waals surface area contributed by atoms with Crippen LogP contribution in [-0.4, -0.2) is 47.3 Å². The molecule has 0 spiro atoms. The Morgan fingerprint density at radius 1 is 0.643 bits per heavy atom. The molecular formula is C22H44N2O4. The average molecular weight is 401 g/mol. The van der Waals surface area contributed by atoms with Crippen LogP contribution >= 0.6 is 0 Å². The first-order valence-corrected chi connectivity index (χ1v) is 11.4. The summed E-state index contributed by atoms with van der Waals surface area (Å²) in [7, 11) is 0. The van der Waals surface area contributed by atoms with Crippen LogP contribution in [0.5, 0.6) is 0 Å². The van der Waals surface area contributed by atoms with Gasteiger partial charge in [-0.1, -0.05) is 52.4 Å². The van der Waals surface area contributed by atoms with E-state index >= 15 is 0 Å². The molecule has 0 heterocycles. The molecule has 0 saturated carbocycles. The Morgan fingerprint density at radius 3 is 1.36 bits per heavy atom. The third kappa shape index (κ3) is 18.2. The van der Waals surface area contributed by atoms with E-state index in [1.807, 2.05) is 13.8 Å². The fourth-order valence-corrected chi connectivity index (χ4v) is 3.03. The van der Waals surface area contributed by atoms with Crippen molar-refractivity contribution in [2.45, 2.75) is 116 Å². The lowest BCUT2D eigenvalue weighted by Crippen LogP contribution is -2.34. The van der Waals surface area contributed by atoms with Gasteiger partial charge in [0.15, 0.2) is 0 Å². The first kappa shape index (κ1) is 26.9. The summed E-state index contributed by atoms with van der Waals surface area (Å²) in [6.07, 6.45) is 11.9. The SMILES string of the molecule is CCC(O)CCCCCCC(=O)NCCNC(=O)CCCCCCC(O)CC. The summed E-state index contributed by atoms with van der Waals surface area (Å²) in [5.41, 5.74) is 0. The molecule has 28 heavy (non-hydrogen) atoms. The van der Waals surface area contributed by atoms with E-state index in [2.05, 4.69) is 10.6 Å². The lowest BCUT2D eigenvalue weighted by molar-refractivity contribution is -0.123. The Labute approximate surface area is 171 Å². The van der Waals surface area contributed by atoms with E-state index in [1.54, 1.807) is 0 Å². The van der Waals surface area contributed by atoms with Gasteiger partial charge in [-0.2, -0.15) is 0 Å². The zero-order valence-corrected chi connectivity index (χ0v) is 18.2. The van der Waals surface area contributed by atoms with Gasteiger partial charge in [0.25, 0.3) is 0 Å². The molecule has 0 saturated heterocycles. The molecule has 0 rings (SSSR count). The third-order valence-corrected chi connectivity index (χ3v) is 5.09. The van der Waals surface area contributed by atoms with Crippen LogP contribution in [-0.2, 0) is 9.59 Å². The molecule has 2 unspecified atom stereocenters. The summed E-state index contributed by atoms with van der Waals surface area (Å²) >= 11 is 0. The van der Waals surface area contributed by atoms with Crippen molar-refractivity contribution in [1.29, 1.82) is 0 Å². The number of aliphatic hydroxyl groups excluding tert-OH is 2. The summed E-state index contributed by atoms with van der Waals surface area (Å²) in [6.45, 7) is 4.92. The molecule has 0 aliphatic rings. The van der Waals surface area contributed by atoms with Gasteiger partial charge in [0.1, 0.15) is 0 Å². The van der Waals surface area contributed by atoms with Crippen LogP contribution in [0, 0.1) is 0 Å². The number of hydrogen-bond acceptors (Lipinski definition) is 4. The molecule has 2 amide bonds. The van der Waals surface area contributed by atoms with Gasteiger partial charge in [0.05, 0.1) is 12.2 Å². The molecule has 0 aromatic heterocycles. The number of carbonyl (C=O) groups excluding carboxylic acids is 2. The maximum atomic E-state index is 11.7. The summed E-state index contributed by atoms with van der Waals surface area (Å²) in [6, 6.07) is 0. The number of nitrogens with one attached hydrogen (secondary N) is 2. The van der Waals surface area contributed by atoms with E-state index in [0.29, 0.717) is 25.9 Å². The smallest absolute Gasteiger partial charge is 0.220 e. The number of unbranched alkanes of at least 4 members (excludes halogenated alkanes) is 6. The fraction of sp³-hybridized carbons (Fsp3) is 0.909. The number of amides is 2. The number of aliphatic hydroxyl groups is 2. The second-order valence-electron chi connectivity index (χ2n) is 7.73. The van der Waals surface area contributed by atoms with E-state index in [9.17, 15) is 19.8 Å². The van der Waals surface area contributed by atoms with Gasteiger partial charge < -0.3 is 20.8 Å². The second-order valence-corrected chi connectivity index (χ2v) is 7.73. The number of hydrogen-bond donors (Lipinski definition) is 4. The monoisotopic (exact) mass is 400 g/mol. The standard InChI is InChI=1S/C22H44N2O4/c1-3-19(25)13-9-5-7-11-15-21(27)23-17-18-24-22(28)16-12-8-6-10-14-20(26)4-2/h19-20,25-26H,3-18H2,1-2H3,(H,23,27)(H,24,28). The van der Waals surface area contributed by atoms with Crippen molar-refractivity contribution >= 4 is 11.8 Å². The van der Waals surface area contributed by atoms with Gasteiger partial charge in [-0.05, 0) is 38.5 Å². The van der Waals surface area contributed by atoms with Gasteiger partial charge in [-0.25, -0.2) is 0 Å². The average Bonchev–Trinajstić information content (AvgIpc) is 2.69. The lowest BCUT2D eigenvalue weighted by atomic mass is 10.1. The first-order chi connectivity index (χ1) is 13.5. The minimum Gasteiger partial charge on any atom is -0.393 e. The van der Waals surface area contributed by atoms with E-state index in [1.165, 1.54) is 0 Å². The Bertz CT molecular complexity index is 355. The van der Waals surface area contributed by atoms with Crippen LogP contribution in [0.3, 0.4) is 0 Å². The highest BCUT2D eigenvalue weighted by atomic mass is 16.3. The van der Waals surface area contributed by atoms with Crippen LogP contribution in [0.15, 0.2) is 0 Å². The maximum absolute atomic E-state index is 11.7. The molecular weight excluding hydrogens is 356 g/mol. The number of rotatable bonds is 19. The zero-order chi connectivity index (χ0) is 21.0. The van der Waals surface area contributed by atoms with Crippen molar-refractivity contribution in [1.82, 2.24) is 10.6 Å². The zero-order valence-electron chi connectivity index (χ0n) is 18.2. The second kappa shape index (κ2) is 19.2. The Kier molecular flexibility index (Phi) is 18.4. The normalized spacial score (nSPS) is 13.1. The van der Waals surface area contributed by atoms with Crippen LogP contribution < -0.4 is 10.6 Å². The predicted octanol–water partition coefficient (Wildman–Crippen LogP) is 3.44. The quantitative estimate of drug-likeness (QED) is 0.250. The topological polar surface area (TPSA) is 98.7 Å². The molecule has 2 atom stereocenters. The van der Waals surface area contributed by atoms with E-state index < -0.39 is 0 Å². The maximum Gasteiger partial charge on any atom is 0.220 e. The van der Waals surface area contributed by atoms with Crippen LogP contribution in [0.1, 0.15) is 104 Å². The van der Waals surface area contributed by atoms with Gasteiger partial charge in [0.2, 0.25) is 11.8 Å². The van der Waals surface area contributed by atoms with Crippen molar-refractivity contribution in [3.05, 3.63) is 0 Å². The highest BCUT2D eigenvalue weighted by Gasteiger charge is 2.04. The molecule has 6 nitrogen and oxygen atoms in total. The molecule has 0 aromatic carbocycles. The molecule has 0 aliphatic heterocycles. The van der Waals surface area contributed by atoms with Gasteiger partial charge in [0, 0.05) is 25.9 Å².